The van der Waals surface area contributed by atoms with Gasteiger partial charge in [-0.25, -0.2) is 0 Å². The number of nitrogens with zero attached hydrogens (tertiary/aromatic N) is 2. The first-order chi connectivity index (χ1) is 13.7. The zero-order valence-electron chi connectivity index (χ0n) is 16.6. The fourth-order valence-corrected chi connectivity index (χ4v) is 3.41. The molecule has 6 nitrogen and oxygen atoms in total. The lowest BCUT2D eigenvalue weighted by molar-refractivity contribution is 0.0906. The van der Waals surface area contributed by atoms with Gasteiger partial charge in [0, 0.05) is 6.54 Å². The number of unbranched alkanes of at least 4 members (excludes halogenated alkanes) is 2. The number of aryl methyl sites for hydroxylation is 1. The van der Waals surface area contributed by atoms with Gasteiger partial charge in [0.2, 0.25) is 5.62 Å². The number of imidazole rings is 1. The van der Waals surface area contributed by atoms with Gasteiger partial charge in [0.1, 0.15) is 12.7 Å². The molecule has 3 rings (SSSR count). The van der Waals surface area contributed by atoms with Crippen LogP contribution >= 0.6 is 0 Å². The van der Waals surface area contributed by atoms with Crippen molar-refractivity contribution in [3.63, 3.8) is 0 Å². The normalized spacial score (nSPS) is 12.2. The van der Waals surface area contributed by atoms with Gasteiger partial charge in [-0.1, -0.05) is 44.0 Å². The molecular weight excluding hydrogens is 354 g/mol. The molecular formula is C22H29N3O3. The van der Waals surface area contributed by atoms with E-state index < -0.39 is 6.10 Å². The molecule has 1 atom stereocenters. The Morgan fingerprint density at radius 1 is 0.964 bits per heavy atom. The molecule has 6 heteroatoms. The van der Waals surface area contributed by atoms with Crippen molar-refractivity contribution in [3.8, 4) is 11.5 Å². The summed E-state index contributed by atoms with van der Waals surface area (Å²) < 4.78 is 14.9. The van der Waals surface area contributed by atoms with Crippen LogP contribution in [0.25, 0.3) is 11.0 Å². The summed E-state index contributed by atoms with van der Waals surface area (Å²) in [5, 5.41) is 19.2. The number of ether oxygens (including phenoxy) is 2. The second-order valence-corrected chi connectivity index (χ2v) is 6.90. The van der Waals surface area contributed by atoms with Crippen molar-refractivity contribution in [2.75, 3.05) is 13.7 Å². The van der Waals surface area contributed by atoms with Crippen LogP contribution in [-0.4, -0.2) is 34.1 Å². The highest BCUT2D eigenvalue weighted by atomic mass is 16.5. The van der Waals surface area contributed by atoms with E-state index in [2.05, 4.69) is 6.92 Å². The van der Waals surface area contributed by atoms with Crippen molar-refractivity contribution in [1.29, 1.82) is 5.41 Å². The van der Waals surface area contributed by atoms with Gasteiger partial charge in [0.05, 0.1) is 24.7 Å². The highest BCUT2D eigenvalue weighted by molar-refractivity contribution is 5.75. The number of para-hydroxylation sites is 4. The standard InChI is InChI=1S/C22H29N3O3/c1-3-4-9-14-24-18-10-5-6-11-19(18)25(22(24)23)15-17(26)16-28-21-13-8-7-12-20(21)27-2/h5-8,10-13,17,23,26H,3-4,9,14-16H2,1-2H3/t17-/m0/s1. The van der Waals surface area contributed by atoms with Gasteiger partial charge in [0.25, 0.3) is 0 Å². The van der Waals surface area contributed by atoms with E-state index in [1.54, 1.807) is 7.11 Å². The number of aliphatic hydroxyl groups excluding tert-OH is 1. The predicted octanol–water partition coefficient (Wildman–Crippen LogP) is 3.56. The summed E-state index contributed by atoms with van der Waals surface area (Å²) in [6.07, 6.45) is 2.59. The first kappa shape index (κ1) is 20.0. The summed E-state index contributed by atoms with van der Waals surface area (Å²) in [6.45, 7) is 3.42. The third-order valence-corrected chi connectivity index (χ3v) is 4.85. The number of hydrogen-bond acceptors (Lipinski definition) is 4. The van der Waals surface area contributed by atoms with Crippen LogP contribution in [0.5, 0.6) is 11.5 Å². The molecule has 1 aromatic heterocycles. The fourth-order valence-electron chi connectivity index (χ4n) is 3.41. The number of benzene rings is 2. The molecule has 0 saturated heterocycles. The van der Waals surface area contributed by atoms with E-state index in [4.69, 9.17) is 14.9 Å². The molecule has 2 N–H and O–H groups in total. The molecule has 0 spiro atoms. The Balaban J connectivity index is 1.76. The van der Waals surface area contributed by atoms with Crippen LogP contribution in [0, 0.1) is 5.41 Å². The van der Waals surface area contributed by atoms with Gasteiger partial charge < -0.3 is 23.7 Å². The van der Waals surface area contributed by atoms with Gasteiger partial charge in [-0.2, -0.15) is 0 Å². The smallest absolute Gasteiger partial charge is 0.203 e. The van der Waals surface area contributed by atoms with E-state index in [1.807, 2.05) is 57.7 Å². The number of hydrogen-bond donors (Lipinski definition) is 2. The highest BCUT2D eigenvalue weighted by Gasteiger charge is 2.15. The van der Waals surface area contributed by atoms with E-state index in [0.29, 0.717) is 23.7 Å². The number of fused-ring (bicyclic) bond motifs is 1. The lowest BCUT2D eigenvalue weighted by Crippen LogP contribution is -2.31. The van der Waals surface area contributed by atoms with E-state index in [-0.39, 0.29) is 6.61 Å². The summed E-state index contributed by atoms with van der Waals surface area (Å²) in [7, 11) is 1.59. The van der Waals surface area contributed by atoms with Crippen LogP contribution in [0.1, 0.15) is 26.2 Å². The molecule has 3 aromatic rings. The van der Waals surface area contributed by atoms with Crippen molar-refractivity contribution in [1.82, 2.24) is 9.13 Å². The predicted molar refractivity (Wildman–Crippen MR) is 110 cm³/mol. The van der Waals surface area contributed by atoms with E-state index >= 15 is 0 Å². The minimum Gasteiger partial charge on any atom is -0.493 e. The lowest BCUT2D eigenvalue weighted by atomic mass is 10.2. The number of nitrogens with one attached hydrogen (secondary N) is 1. The van der Waals surface area contributed by atoms with Gasteiger partial charge >= 0.3 is 0 Å². The SMILES string of the molecule is CCCCCn1c(=N)n(C[C@H](O)COc2ccccc2OC)c2ccccc21. The molecule has 0 radical (unpaired) electrons. The average Bonchev–Trinajstić information content (AvgIpc) is 2.98. The Morgan fingerprint density at radius 2 is 1.61 bits per heavy atom. The van der Waals surface area contributed by atoms with Crippen molar-refractivity contribution in [3.05, 3.63) is 54.1 Å². The first-order valence-corrected chi connectivity index (χ1v) is 9.82. The molecule has 1 heterocycles. The van der Waals surface area contributed by atoms with Gasteiger partial charge in [-0.3, -0.25) is 5.41 Å². The second-order valence-electron chi connectivity index (χ2n) is 6.90. The lowest BCUT2D eigenvalue weighted by Gasteiger charge is -2.15. The Hall–Kier alpha value is -2.73. The molecule has 28 heavy (non-hydrogen) atoms. The molecule has 150 valence electrons. The van der Waals surface area contributed by atoms with Crippen LogP contribution in [0.3, 0.4) is 0 Å². The van der Waals surface area contributed by atoms with E-state index in [1.165, 1.54) is 0 Å². The molecule has 0 aliphatic carbocycles. The maximum atomic E-state index is 10.6. The van der Waals surface area contributed by atoms with Crippen LogP contribution in [-0.2, 0) is 13.1 Å². The van der Waals surface area contributed by atoms with Crippen molar-refractivity contribution in [2.45, 2.75) is 45.4 Å². The van der Waals surface area contributed by atoms with Crippen LogP contribution < -0.4 is 15.1 Å². The summed E-state index contributed by atoms with van der Waals surface area (Å²) in [4.78, 5) is 0. The zero-order valence-corrected chi connectivity index (χ0v) is 16.6. The number of aliphatic hydroxyl groups is 1. The van der Waals surface area contributed by atoms with Crippen molar-refractivity contribution >= 4 is 11.0 Å². The summed E-state index contributed by atoms with van der Waals surface area (Å²) in [5.74, 6) is 1.23. The van der Waals surface area contributed by atoms with Gasteiger partial charge in [0.15, 0.2) is 11.5 Å². The summed E-state index contributed by atoms with van der Waals surface area (Å²) in [5.41, 5.74) is 2.40. The highest BCUT2D eigenvalue weighted by Crippen LogP contribution is 2.26. The Kier molecular flexibility index (Phi) is 6.76. The van der Waals surface area contributed by atoms with Crippen LogP contribution in [0.2, 0.25) is 0 Å². The third kappa shape index (κ3) is 4.39. The molecule has 0 amide bonds. The molecule has 0 unspecified atom stereocenters. The molecule has 0 saturated carbocycles. The zero-order chi connectivity index (χ0) is 19.9. The average molecular weight is 383 g/mol. The maximum absolute atomic E-state index is 10.6. The maximum Gasteiger partial charge on any atom is 0.203 e. The monoisotopic (exact) mass is 383 g/mol. The second kappa shape index (κ2) is 9.46. The van der Waals surface area contributed by atoms with Crippen LogP contribution in [0.4, 0.5) is 0 Å². The Morgan fingerprint density at radius 3 is 2.29 bits per heavy atom. The molecule has 0 bridgehead atoms. The summed E-state index contributed by atoms with van der Waals surface area (Å²) in [6, 6.07) is 15.4. The minimum atomic E-state index is -0.742. The molecule has 2 aromatic carbocycles. The van der Waals surface area contributed by atoms with Crippen LogP contribution in [0.15, 0.2) is 48.5 Å². The van der Waals surface area contributed by atoms with Gasteiger partial charge in [-0.15, -0.1) is 0 Å². The number of aromatic nitrogens is 2. The third-order valence-electron chi connectivity index (χ3n) is 4.85. The van der Waals surface area contributed by atoms with E-state index in [9.17, 15) is 5.11 Å². The quantitative estimate of drug-likeness (QED) is 0.526. The Labute approximate surface area is 165 Å². The minimum absolute atomic E-state index is 0.127. The molecule has 0 aliphatic rings. The first-order valence-electron chi connectivity index (χ1n) is 9.82. The number of methoxy groups -OCH3 is 1. The molecule has 0 aliphatic heterocycles. The van der Waals surface area contributed by atoms with Crippen molar-refractivity contribution in [2.24, 2.45) is 0 Å². The Bertz CT molecular complexity index is 961. The number of rotatable bonds is 10. The largest absolute Gasteiger partial charge is 0.493 e. The van der Waals surface area contributed by atoms with Gasteiger partial charge in [-0.05, 0) is 30.7 Å². The van der Waals surface area contributed by atoms with E-state index in [0.717, 1.165) is 36.8 Å². The topological polar surface area (TPSA) is 72.4 Å². The van der Waals surface area contributed by atoms with Crippen molar-refractivity contribution < 1.29 is 14.6 Å². The summed E-state index contributed by atoms with van der Waals surface area (Å²) >= 11 is 0. The molecule has 0 fully saturated rings. The fraction of sp³-hybridized carbons (Fsp3) is 0.409.